The van der Waals surface area contributed by atoms with Crippen molar-refractivity contribution in [1.82, 2.24) is 0 Å². The van der Waals surface area contributed by atoms with Crippen LogP contribution in [0.15, 0.2) is 0 Å². The van der Waals surface area contributed by atoms with E-state index in [0.717, 1.165) is 0 Å². The van der Waals surface area contributed by atoms with Crippen LogP contribution in [0.5, 0.6) is 0 Å². The molecule has 23 heavy (non-hydrogen) atoms. The van der Waals surface area contributed by atoms with Crippen molar-refractivity contribution in [2.24, 2.45) is 10.8 Å². The molecule has 0 saturated heterocycles. The van der Waals surface area contributed by atoms with Gasteiger partial charge in [0.2, 0.25) is 0 Å². The van der Waals surface area contributed by atoms with Crippen molar-refractivity contribution in [2.45, 2.75) is 128 Å². The Hall–Kier alpha value is 0.350. The van der Waals surface area contributed by atoms with E-state index in [-0.39, 0.29) is 0 Å². The third-order valence-electron chi connectivity index (χ3n) is 6.73. The van der Waals surface area contributed by atoms with Crippen LogP contribution in [0.2, 0.25) is 0 Å². The molecule has 2 aliphatic rings. The Morgan fingerprint density at radius 2 is 0.696 bits per heavy atom. The van der Waals surface area contributed by atoms with Crippen molar-refractivity contribution in [3.05, 3.63) is 0 Å². The average molecular weight is 339 g/mol. The van der Waals surface area contributed by atoms with Crippen molar-refractivity contribution in [3.63, 3.8) is 0 Å². The summed E-state index contributed by atoms with van der Waals surface area (Å²) >= 11 is 2.39. The van der Waals surface area contributed by atoms with E-state index in [1.54, 1.807) is 0 Å². The van der Waals surface area contributed by atoms with Crippen molar-refractivity contribution >= 4 is 11.8 Å². The van der Waals surface area contributed by atoms with Gasteiger partial charge < -0.3 is 0 Å². The summed E-state index contributed by atoms with van der Waals surface area (Å²) < 4.78 is 1.06. The highest BCUT2D eigenvalue weighted by Gasteiger charge is 2.38. The standard InChI is InChI=1S/C22H42S/c1-19(2)11-7-15-21(5,16-8-12-19)23-22(6)17-9-13-20(3,4)14-10-18-22/h7-18H2,1-6H3. The molecule has 0 aromatic rings. The quantitative estimate of drug-likeness (QED) is 0.491. The van der Waals surface area contributed by atoms with E-state index in [0.29, 0.717) is 20.3 Å². The van der Waals surface area contributed by atoms with Gasteiger partial charge in [-0.3, -0.25) is 0 Å². The molecule has 0 aromatic heterocycles. The van der Waals surface area contributed by atoms with E-state index in [2.05, 4.69) is 53.3 Å². The molecule has 0 aromatic carbocycles. The van der Waals surface area contributed by atoms with Gasteiger partial charge in [0, 0.05) is 9.49 Å². The highest BCUT2D eigenvalue weighted by molar-refractivity contribution is 8.01. The largest absolute Gasteiger partial charge is 0.149 e. The summed E-state index contributed by atoms with van der Waals surface area (Å²) in [6.07, 6.45) is 17.2. The van der Waals surface area contributed by atoms with Gasteiger partial charge in [-0.25, -0.2) is 0 Å². The normalized spacial score (nSPS) is 30.5. The number of hydrogen-bond acceptors (Lipinski definition) is 1. The zero-order valence-corrected chi connectivity index (χ0v) is 17.7. The minimum absolute atomic E-state index is 0.528. The van der Waals surface area contributed by atoms with Gasteiger partial charge in [-0.15, -0.1) is 11.8 Å². The third kappa shape index (κ3) is 6.29. The molecular formula is C22H42S. The van der Waals surface area contributed by atoms with Gasteiger partial charge in [0.05, 0.1) is 0 Å². The Kier molecular flexibility index (Phi) is 6.25. The Labute approximate surface area is 151 Å². The topological polar surface area (TPSA) is 0 Å². The van der Waals surface area contributed by atoms with E-state index < -0.39 is 0 Å². The second kappa shape index (κ2) is 7.30. The van der Waals surface area contributed by atoms with E-state index >= 15 is 0 Å². The summed E-state index contributed by atoms with van der Waals surface area (Å²) in [7, 11) is 0. The van der Waals surface area contributed by atoms with Crippen LogP contribution in [0, 0.1) is 10.8 Å². The molecular weight excluding hydrogens is 296 g/mol. The first-order valence-corrected chi connectivity index (χ1v) is 11.1. The summed E-state index contributed by atoms with van der Waals surface area (Å²) in [6, 6.07) is 0. The lowest BCUT2D eigenvalue weighted by molar-refractivity contribution is 0.245. The van der Waals surface area contributed by atoms with Crippen LogP contribution in [0.1, 0.15) is 119 Å². The number of hydrogen-bond donors (Lipinski definition) is 0. The maximum atomic E-state index is 2.59. The van der Waals surface area contributed by atoms with Crippen LogP contribution in [0.3, 0.4) is 0 Å². The zero-order chi connectivity index (χ0) is 17.2. The van der Waals surface area contributed by atoms with E-state index in [1.807, 2.05) is 0 Å². The van der Waals surface area contributed by atoms with Crippen molar-refractivity contribution in [1.29, 1.82) is 0 Å². The fraction of sp³-hybridized carbons (Fsp3) is 1.00. The minimum Gasteiger partial charge on any atom is -0.149 e. The smallest absolute Gasteiger partial charge is 0.0137 e. The molecule has 2 rings (SSSR count). The molecule has 1 heteroatoms. The van der Waals surface area contributed by atoms with Crippen LogP contribution < -0.4 is 0 Å². The molecule has 0 spiro atoms. The molecule has 0 radical (unpaired) electrons. The predicted molar refractivity (Wildman–Crippen MR) is 107 cm³/mol. The summed E-state index contributed by atoms with van der Waals surface area (Å²) in [6.45, 7) is 15.1. The van der Waals surface area contributed by atoms with Crippen LogP contribution in [-0.4, -0.2) is 9.49 Å². The first kappa shape index (κ1) is 19.7. The van der Waals surface area contributed by atoms with Gasteiger partial charge in [-0.1, -0.05) is 67.2 Å². The maximum Gasteiger partial charge on any atom is 0.0137 e. The van der Waals surface area contributed by atoms with Gasteiger partial charge in [-0.2, -0.15) is 0 Å². The molecule has 0 amide bonds. The fourth-order valence-electron chi connectivity index (χ4n) is 5.06. The highest BCUT2D eigenvalue weighted by atomic mass is 32.2. The van der Waals surface area contributed by atoms with Crippen molar-refractivity contribution < 1.29 is 0 Å². The second-order valence-electron chi connectivity index (χ2n) is 10.7. The van der Waals surface area contributed by atoms with Crippen LogP contribution >= 0.6 is 11.8 Å². The Balaban J connectivity index is 1.95. The Bertz CT molecular complexity index is 319. The molecule has 2 aliphatic carbocycles. The monoisotopic (exact) mass is 338 g/mol. The SMILES string of the molecule is CC1(C)CCCC(C)(SC2(C)CCCC(C)(C)CCC2)CCC1. The lowest BCUT2D eigenvalue weighted by atomic mass is 9.77. The van der Waals surface area contributed by atoms with Crippen LogP contribution in [0.4, 0.5) is 0 Å². The van der Waals surface area contributed by atoms with Crippen molar-refractivity contribution in [3.8, 4) is 0 Å². The van der Waals surface area contributed by atoms with Gasteiger partial charge in [0.25, 0.3) is 0 Å². The molecule has 0 heterocycles. The maximum absolute atomic E-state index is 2.59. The molecule has 0 atom stereocenters. The van der Waals surface area contributed by atoms with Gasteiger partial charge >= 0.3 is 0 Å². The first-order chi connectivity index (χ1) is 10.5. The summed E-state index contributed by atoms with van der Waals surface area (Å²) in [5.41, 5.74) is 1.17. The average Bonchev–Trinajstić information content (AvgIpc) is 2.34. The van der Waals surface area contributed by atoms with Gasteiger partial charge in [0.1, 0.15) is 0 Å². The molecule has 2 fully saturated rings. The lowest BCUT2D eigenvalue weighted by Crippen LogP contribution is -2.34. The number of thioether (sulfide) groups is 1. The second-order valence-corrected chi connectivity index (χ2v) is 12.9. The third-order valence-corrected chi connectivity index (χ3v) is 8.53. The van der Waals surface area contributed by atoms with Gasteiger partial charge in [0.15, 0.2) is 0 Å². The number of rotatable bonds is 2. The minimum atomic E-state index is 0.528. The zero-order valence-electron chi connectivity index (χ0n) is 16.9. The highest BCUT2D eigenvalue weighted by Crippen LogP contribution is 2.51. The molecule has 0 aliphatic heterocycles. The van der Waals surface area contributed by atoms with E-state index in [1.165, 1.54) is 77.0 Å². The first-order valence-electron chi connectivity index (χ1n) is 10.2. The van der Waals surface area contributed by atoms with E-state index in [9.17, 15) is 0 Å². The van der Waals surface area contributed by atoms with E-state index in [4.69, 9.17) is 0 Å². The molecule has 0 nitrogen and oxygen atoms in total. The summed E-state index contributed by atoms with van der Waals surface area (Å²) in [5.74, 6) is 0. The lowest BCUT2D eigenvalue weighted by Gasteiger charge is -2.44. The molecule has 0 N–H and O–H groups in total. The fourth-order valence-corrected chi connectivity index (χ4v) is 7.24. The Morgan fingerprint density at radius 1 is 0.435 bits per heavy atom. The van der Waals surface area contributed by atoms with Gasteiger partial charge in [-0.05, 0) is 62.2 Å². The molecule has 2 saturated carbocycles. The molecule has 136 valence electrons. The predicted octanol–water partition coefficient (Wildman–Crippen LogP) is 8.00. The van der Waals surface area contributed by atoms with Crippen molar-refractivity contribution in [2.75, 3.05) is 0 Å². The summed E-state index contributed by atoms with van der Waals surface area (Å²) in [5, 5.41) is 0. The Morgan fingerprint density at radius 3 is 0.957 bits per heavy atom. The summed E-state index contributed by atoms with van der Waals surface area (Å²) in [4.78, 5) is 0. The molecule has 0 unspecified atom stereocenters. The van der Waals surface area contributed by atoms with Crippen LogP contribution in [-0.2, 0) is 0 Å². The van der Waals surface area contributed by atoms with Crippen LogP contribution in [0.25, 0.3) is 0 Å². The molecule has 0 bridgehead atoms.